The average Bonchev–Trinajstić information content (AvgIpc) is 2.54. The van der Waals surface area contributed by atoms with Gasteiger partial charge in [0.25, 0.3) is 0 Å². The lowest BCUT2D eigenvalue weighted by atomic mass is 9.96. The highest BCUT2D eigenvalue weighted by molar-refractivity contribution is 7.99. The van der Waals surface area contributed by atoms with Crippen LogP contribution in [0.4, 0.5) is 5.69 Å². The summed E-state index contributed by atoms with van der Waals surface area (Å²) in [5.74, 6) is 0.481. The van der Waals surface area contributed by atoms with Crippen molar-refractivity contribution in [1.29, 1.82) is 0 Å². The van der Waals surface area contributed by atoms with Crippen LogP contribution in [0, 0.1) is 5.92 Å². The van der Waals surface area contributed by atoms with Crippen LogP contribution in [0.2, 0.25) is 0 Å². The van der Waals surface area contributed by atoms with Gasteiger partial charge in [0, 0.05) is 16.6 Å². The van der Waals surface area contributed by atoms with Crippen molar-refractivity contribution in [3.05, 3.63) is 36.9 Å². The molecule has 0 bridgehead atoms. The summed E-state index contributed by atoms with van der Waals surface area (Å²) in [6, 6.07) is 7.76. The Kier molecular flexibility index (Phi) is 6.67. The third-order valence-corrected chi connectivity index (χ3v) is 4.94. The first-order chi connectivity index (χ1) is 11.1. The molecule has 5 nitrogen and oxygen atoms in total. The molecule has 0 spiro atoms. The molecule has 0 unspecified atom stereocenters. The summed E-state index contributed by atoms with van der Waals surface area (Å²) in [6.45, 7) is 5.51. The van der Waals surface area contributed by atoms with Gasteiger partial charge in [-0.1, -0.05) is 18.2 Å². The van der Waals surface area contributed by atoms with Crippen LogP contribution < -0.4 is 11.1 Å². The number of nitrogens with two attached hydrogens (primary N) is 1. The van der Waals surface area contributed by atoms with Crippen molar-refractivity contribution in [1.82, 2.24) is 4.90 Å². The van der Waals surface area contributed by atoms with Gasteiger partial charge in [0.1, 0.15) is 0 Å². The van der Waals surface area contributed by atoms with Crippen molar-refractivity contribution in [3.63, 3.8) is 0 Å². The van der Waals surface area contributed by atoms with Crippen LogP contribution in [0.25, 0.3) is 0 Å². The van der Waals surface area contributed by atoms with Crippen molar-refractivity contribution in [2.75, 3.05) is 30.7 Å². The number of nitrogens with zero attached hydrogens (tertiary/aromatic N) is 1. The van der Waals surface area contributed by atoms with E-state index in [9.17, 15) is 9.59 Å². The molecule has 1 aliphatic rings. The lowest BCUT2D eigenvalue weighted by molar-refractivity contribution is -0.123. The van der Waals surface area contributed by atoms with E-state index in [1.54, 1.807) is 11.8 Å². The number of likely N-dealkylation sites (tertiary alicyclic amines) is 1. The number of rotatable bonds is 7. The number of amides is 2. The highest BCUT2D eigenvalue weighted by Gasteiger charge is 2.24. The predicted molar refractivity (Wildman–Crippen MR) is 94.4 cm³/mol. The molecule has 1 fully saturated rings. The molecular formula is C17H23N3O2S. The van der Waals surface area contributed by atoms with E-state index in [0.29, 0.717) is 6.54 Å². The summed E-state index contributed by atoms with van der Waals surface area (Å²) < 4.78 is 0. The Hall–Kier alpha value is -1.79. The van der Waals surface area contributed by atoms with E-state index < -0.39 is 0 Å². The maximum absolute atomic E-state index is 12.2. The number of anilines is 1. The first kappa shape index (κ1) is 17.6. The first-order valence-corrected chi connectivity index (χ1v) is 8.73. The van der Waals surface area contributed by atoms with Gasteiger partial charge < -0.3 is 11.1 Å². The second-order valence-corrected chi connectivity index (χ2v) is 6.66. The molecule has 1 heterocycles. The fourth-order valence-corrected chi connectivity index (χ4v) is 3.36. The normalized spacial score (nSPS) is 16.0. The number of thioether (sulfide) groups is 1. The number of para-hydroxylation sites is 1. The molecule has 0 saturated carbocycles. The number of primary amides is 1. The van der Waals surface area contributed by atoms with E-state index in [1.807, 2.05) is 30.3 Å². The van der Waals surface area contributed by atoms with Gasteiger partial charge in [-0.05, 0) is 38.1 Å². The Morgan fingerprint density at radius 1 is 1.35 bits per heavy atom. The molecule has 6 heteroatoms. The molecule has 0 aromatic heterocycles. The van der Waals surface area contributed by atoms with Crippen LogP contribution in [0.5, 0.6) is 0 Å². The minimum absolute atomic E-state index is 0.0332. The van der Waals surface area contributed by atoms with Gasteiger partial charge in [-0.25, -0.2) is 0 Å². The molecule has 2 amide bonds. The molecule has 1 aliphatic heterocycles. The van der Waals surface area contributed by atoms with E-state index in [0.717, 1.165) is 42.3 Å². The summed E-state index contributed by atoms with van der Waals surface area (Å²) in [4.78, 5) is 26.5. The standard InChI is InChI=1S/C17H23N3O2S/c1-2-11-23-15-6-4-3-5-14(15)19-16(21)12-20-9-7-13(8-10-20)17(18)22/h2-6,13H,1,7-12H2,(H2,18,22)(H,19,21). The average molecular weight is 333 g/mol. The number of hydrogen-bond acceptors (Lipinski definition) is 4. The van der Waals surface area contributed by atoms with Crippen LogP contribution in [0.15, 0.2) is 41.8 Å². The van der Waals surface area contributed by atoms with Crippen molar-refractivity contribution < 1.29 is 9.59 Å². The second kappa shape index (κ2) is 8.74. The lowest BCUT2D eigenvalue weighted by Crippen LogP contribution is -2.42. The molecule has 3 N–H and O–H groups in total. The monoisotopic (exact) mass is 333 g/mol. The maximum atomic E-state index is 12.2. The SMILES string of the molecule is C=CCSc1ccccc1NC(=O)CN1CCC(C(N)=O)CC1. The first-order valence-electron chi connectivity index (χ1n) is 7.74. The van der Waals surface area contributed by atoms with Gasteiger partial charge in [-0.3, -0.25) is 14.5 Å². The molecule has 1 saturated heterocycles. The van der Waals surface area contributed by atoms with E-state index in [2.05, 4.69) is 16.8 Å². The maximum Gasteiger partial charge on any atom is 0.238 e. The van der Waals surface area contributed by atoms with Crippen LogP contribution in [0.3, 0.4) is 0 Å². The van der Waals surface area contributed by atoms with Crippen molar-refractivity contribution >= 4 is 29.3 Å². The highest BCUT2D eigenvalue weighted by atomic mass is 32.2. The summed E-state index contributed by atoms with van der Waals surface area (Å²) in [5, 5.41) is 2.97. The molecule has 23 heavy (non-hydrogen) atoms. The van der Waals surface area contributed by atoms with Gasteiger partial charge >= 0.3 is 0 Å². The van der Waals surface area contributed by atoms with Gasteiger partial charge in [0.2, 0.25) is 11.8 Å². The molecule has 2 rings (SSSR count). The number of carbonyl (C=O) groups excluding carboxylic acids is 2. The van der Waals surface area contributed by atoms with Crippen LogP contribution in [-0.4, -0.2) is 42.1 Å². The number of nitrogens with one attached hydrogen (secondary N) is 1. The summed E-state index contributed by atoms with van der Waals surface area (Å²) in [7, 11) is 0. The smallest absolute Gasteiger partial charge is 0.238 e. The molecule has 0 atom stereocenters. The third-order valence-electron chi connectivity index (χ3n) is 3.87. The lowest BCUT2D eigenvalue weighted by Gasteiger charge is -2.29. The Labute approximate surface area is 141 Å². The topological polar surface area (TPSA) is 75.4 Å². The third kappa shape index (κ3) is 5.41. The van der Waals surface area contributed by atoms with E-state index >= 15 is 0 Å². The minimum Gasteiger partial charge on any atom is -0.369 e. The van der Waals surface area contributed by atoms with Crippen LogP contribution >= 0.6 is 11.8 Å². The largest absolute Gasteiger partial charge is 0.369 e. The number of hydrogen-bond donors (Lipinski definition) is 2. The summed E-state index contributed by atoms with van der Waals surface area (Å²) >= 11 is 1.64. The second-order valence-electron chi connectivity index (χ2n) is 5.60. The Morgan fingerprint density at radius 2 is 2.04 bits per heavy atom. The number of piperidine rings is 1. The van der Waals surface area contributed by atoms with Crippen LogP contribution in [-0.2, 0) is 9.59 Å². The zero-order valence-corrected chi connectivity index (χ0v) is 14.0. The van der Waals surface area contributed by atoms with E-state index in [-0.39, 0.29) is 17.7 Å². The number of benzene rings is 1. The van der Waals surface area contributed by atoms with Gasteiger partial charge in [-0.2, -0.15) is 0 Å². The molecular weight excluding hydrogens is 310 g/mol. The van der Waals surface area contributed by atoms with E-state index in [4.69, 9.17) is 5.73 Å². The Morgan fingerprint density at radius 3 is 2.70 bits per heavy atom. The van der Waals surface area contributed by atoms with Gasteiger partial charge in [0.15, 0.2) is 0 Å². The predicted octanol–water partition coefficient (Wildman–Crippen LogP) is 2.10. The fraction of sp³-hybridized carbons (Fsp3) is 0.412. The highest BCUT2D eigenvalue weighted by Crippen LogP contribution is 2.27. The quantitative estimate of drug-likeness (QED) is 0.592. The molecule has 124 valence electrons. The fourth-order valence-electron chi connectivity index (χ4n) is 2.61. The Bertz CT molecular complexity index is 569. The van der Waals surface area contributed by atoms with Crippen molar-refractivity contribution in [3.8, 4) is 0 Å². The zero-order valence-electron chi connectivity index (χ0n) is 13.2. The summed E-state index contributed by atoms with van der Waals surface area (Å²) in [6.07, 6.45) is 3.30. The minimum atomic E-state index is -0.234. The van der Waals surface area contributed by atoms with E-state index in [1.165, 1.54) is 0 Å². The van der Waals surface area contributed by atoms with Gasteiger partial charge in [-0.15, -0.1) is 18.3 Å². The van der Waals surface area contributed by atoms with Crippen LogP contribution in [0.1, 0.15) is 12.8 Å². The van der Waals surface area contributed by atoms with Crippen molar-refractivity contribution in [2.24, 2.45) is 11.7 Å². The van der Waals surface area contributed by atoms with Gasteiger partial charge in [0.05, 0.1) is 12.2 Å². The summed E-state index contributed by atoms with van der Waals surface area (Å²) in [5.41, 5.74) is 6.16. The molecule has 1 aromatic carbocycles. The molecule has 0 aliphatic carbocycles. The number of carbonyl (C=O) groups is 2. The zero-order chi connectivity index (χ0) is 16.7. The van der Waals surface area contributed by atoms with Crippen molar-refractivity contribution in [2.45, 2.75) is 17.7 Å². The Balaban J connectivity index is 1.86. The molecule has 0 radical (unpaired) electrons. The molecule has 1 aromatic rings.